The number of rotatable bonds is 5. The van der Waals surface area contributed by atoms with Gasteiger partial charge in [-0.1, -0.05) is 31.5 Å². The van der Waals surface area contributed by atoms with Crippen LogP contribution in [0.1, 0.15) is 43.6 Å². The van der Waals surface area contributed by atoms with Crippen molar-refractivity contribution in [1.82, 2.24) is 10.1 Å². The first-order valence-electron chi connectivity index (χ1n) is 6.53. The zero-order valence-electron chi connectivity index (χ0n) is 11.4. The third-order valence-electron chi connectivity index (χ3n) is 3.39. The third kappa shape index (κ3) is 3.19. The van der Waals surface area contributed by atoms with E-state index in [2.05, 4.69) is 10.1 Å². The molecule has 0 radical (unpaired) electrons. The predicted octanol–water partition coefficient (Wildman–Crippen LogP) is 2.98. The number of halogens is 2. The molecule has 108 valence electrons. The van der Waals surface area contributed by atoms with Crippen molar-refractivity contribution < 1.29 is 13.3 Å². The van der Waals surface area contributed by atoms with E-state index >= 15 is 0 Å². The number of hydrogen-bond donors (Lipinski definition) is 1. The summed E-state index contributed by atoms with van der Waals surface area (Å²) in [5.74, 6) is -0.339. The molecule has 0 spiro atoms. The smallest absolute Gasteiger partial charge is 0.243 e. The molecule has 2 unspecified atom stereocenters. The average Bonchev–Trinajstić information content (AvgIpc) is 2.88. The first-order chi connectivity index (χ1) is 9.51. The lowest BCUT2D eigenvalue weighted by atomic mass is 10.0. The van der Waals surface area contributed by atoms with Crippen molar-refractivity contribution in [3.63, 3.8) is 0 Å². The predicted molar refractivity (Wildman–Crippen MR) is 69.8 cm³/mol. The lowest BCUT2D eigenvalue weighted by Gasteiger charge is -2.12. The molecule has 1 aromatic heterocycles. The maximum absolute atomic E-state index is 13.5. The van der Waals surface area contributed by atoms with Crippen molar-refractivity contribution in [3.05, 3.63) is 47.1 Å². The molecule has 0 saturated carbocycles. The number of nitrogens with zero attached hydrogens (tertiary/aromatic N) is 2. The number of hydrogen-bond acceptors (Lipinski definition) is 4. The van der Waals surface area contributed by atoms with Gasteiger partial charge in [0.15, 0.2) is 5.82 Å². The van der Waals surface area contributed by atoms with Gasteiger partial charge in [0.1, 0.15) is 11.6 Å². The topological polar surface area (TPSA) is 64.9 Å². The van der Waals surface area contributed by atoms with Gasteiger partial charge in [0.2, 0.25) is 5.89 Å². The van der Waals surface area contributed by atoms with Crippen LogP contribution in [0, 0.1) is 17.6 Å². The summed E-state index contributed by atoms with van der Waals surface area (Å²) < 4.78 is 31.5. The van der Waals surface area contributed by atoms with Gasteiger partial charge in [0.25, 0.3) is 0 Å². The van der Waals surface area contributed by atoms with Gasteiger partial charge < -0.3 is 10.3 Å². The average molecular weight is 281 g/mol. The van der Waals surface area contributed by atoms with E-state index in [-0.39, 0.29) is 18.4 Å². The molecule has 2 atom stereocenters. The molecule has 0 aliphatic carbocycles. The summed E-state index contributed by atoms with van der Waals surface area (Å²) >= 11 is 0. The van der Waals surface area contributed by atoms with Crippen LogP contribution in [0.25, 0.3) is 0 Å². The highest BCUT2D eigenvalue weighted by molar-refractivity contribution is 5.21. The Kier molecular flexibility index (Phi) is 4.44. The highest BCUT2D eigenvalue weighted by Crippen LogP contribution is 2.21. The molecular formula is C14H17F2N3O. The monoisotopic (exact) mass is 281 g/mol. The van der Waals surface area contributed by atoms with Gasteiger partial charge in [-0.05, 0) is 17.5 Å². The molecule has 1 aromatic carbocycles. The Morgan fingerprint density at radius 1 is 1.35 bits per heavy atom. The molecule has 4 nitrogen and oxygen atoms in total. The van der Waals surface area contributed by atoms with Gasteiger partial charge in [0, 0.05) is 12.5 Å². The van der Waals surface area contributed by atoms with E-state index in [0.29, 0.717) is 17.3 Å². The van der Waals surface area contributed by atoms with E-state index < -0.39 is 11.6 Å². The SMILES string of the molecule is CCC(C)C(N)c1nc(Cc2ccc(F)cc2F)no1. The molecule has 0 saturated heterocycles. The van der Waals surface area contributed by atoms with Crippen LogP contribution in [0.4, 0.5) is 8.78 Å². The second-order valence-electron chi connectivity index (χ2n) is 4.87. The quantitative estimate of drug-likeness (QED) is 0.915. The van der Waals surface area contributed by atoms with Crippen LogP contribution < -0.4 is 5.73 Å². The number of benzene rings is 1. The van der Waals surface area contributed by atoms with Crippen LogP contribution in [0.3, 0.4) is 0 Å². The van der Waals surface area contributed by atoms with E-state index in [1.165, 1.54) is 12.1 Å². The maximum atomic E-state index is 13.5. The fourth-order valence-corrected chi connectivity index (χ4v) is 1.81. The van der Waals surface area contributed by atoms with E-state index in [9.17, 15) is 8.78 Å². The second kappa shape index (κ2) is 6.09. The molecule has 2 N–H and O–H groups in total. The summed E-state index contributed by atoms with van der Waals surface area (Å²) in [5, 5.41) is 3.79. The fourth-order valence-electron chi connectivity index (χ4n) is 1.81. The van der Waals surface area contributed by atoms with E-state index in [1.54, 1.807) is 0 Å². The Morgan fingerprint density at radius 3 is 2.75 bits per heavy atom. The summed E-state index contributed by atoms with van der Waals surface area (Å²) in [6.07, 6.45) is 1.04. The molecule has 1 heterocycles. The highest BCUT2D eigenvalue weighted by atomic mass is 19.1. The van der Waals surface area contributed by atoms with Crippen LogP contribution in [0.2, 0.25) is 0 Å². The van der Waals surface area contributed by atoms with Crippen LogP contribution in [0.15, 0.2) is 22.7 Å². The van der Waals surface area contributed by atoms with Crippen LogP contribution in [-0.4, -0.2) is 10.1 Å². The summed E-state index contributed by atoms with van der Waals surface area (Å²) in [6, 6.07) is 3.07. The molecule has 2 aromatic rings. The minimum absolute atomic E-state index is 0.142. The van der Waals surface area contributed by atoms with Crippen LogP contribution in [-0.2, 0) is 6.42 Å². The molecule has 20 heavy (non-hydrogen) atoms. The maximum Gasteiger partial charge on any atom is 0.243 e. The molecule has 0 bridgehead atoms. The van der Waals surface area contributed by atoms with Crippen molar-refractivity contribution in [2.45, 2.75) is 32.7 Å². The Bertz CT molecular complexity index is 586. The molecule has 2 rings (SSSR count). The van der Waals surface area contributed by atoms with Gasteiger partial charge in [-0.3, -0.25) is 0 Å². The second-order valence-corrected chi connectivity index (χ2v) is 4.87. The summed E-state index contributed by atoms with van der Waals surface area (Å²) in [4.78, 5) is 4.17. The lowest BCUT2D eigenvalue weighted by Crippen LogP contribution is -2.18. The molecule has 6 heteroatoms. The standard InChI is InChI=1S/C14H17F2N3O/c1-3-8(2)13(17)14-18-12(19-20-14)6-9-4-5-10(15)7-11(9)16/h4-5,7-8,13H,3,6,17H2,1-2H3. The van der Waals surface area contributed by atoms with Gasteiger partial charge in [-0.2, -0.15) is 4.98 Å². The molecule has 0 aliphatic heterocycles. The summed E-state index contributed by atoms with van der Waals surface area (Å²) in [6.45, 7) is 4.02. The van der Waals surface area contributed by atoms with Gasteiger partial charge in [0.05, 0.1) is 6.04 Å². The Balaban J connectivity index is 2.13. The van der Waals surface area contributed by atoms with Crippen molar-refractivity contribution in [2.24, 2.45) is 11.7 Å². The molecule has 0 fully saturated rings. The number of aromatic nitrogens is 2. The van der Waals surface area contributed by atoms with Crippen molar-refractivity contribution in [2.75, 3.05) is 0 Å². The first kappa shape index (κ1) is 14.6. The van der Waals surface area contributed by atoms with E-state index in [4.69, 9.17) is 10.3 Å². The normalized spacial score (nSPS) is 14.2. The van der Waals surface area contributed by atoms with Gasteiger partial charge in [-0.25, -0.2) is 8.78 Å². The Morgan fingerprint density at radius 2 is 2.10 bits per heavy atom. The minimum Gasteiger partial charge on any atom is -0.338 e. The van der Waals surface area contributed by atoms with Gasteiger partial charge in [-0.15, -0.1) is 0 Å². The minimum atomic E-state index is -0.623. The van der Waals surface area contributed by atoms with Crippen LogP contribution >= 0.6 is 0 Å². The van der Waals surface area contributed by atoms with Crippen LogP contribution in [0.5, 0.6) is 0 Å². The third-order valence-corrected chi connectivity index (χ3v) is 3.39. The molecule has 0 aliphatic rings. The van der Waals surface area contributed by atoms with Crippen molar-refractivity contribution >= 4 is 0 Å². The largest absolute Gasteiger partial charge is 0.338 e. The zero-order valence-corrected chi connectivity index (χ0v) is 11.4. The fraction of sp³-hybridized carbons (Fsp3) is 0.429. The van der Waals surface area contributed by atoms with E-state index in [0.717, 1.165) is 12.5 Å². The van der Waals surface area contributed by atoms with Crippen molar-refractivity contribution in [3.8, 4) is 0 Å². The van der Waals surface area contributed by atoms with Gasteiger partial charge >= 0.3 is 0 Å². The summed E-state index contributed by atoms with van der Waals surface area (Å²) in [5.41, 5.74) is 6.30. The Labute approximate surface area is 116 Å². The molecule has 0 amide bonds. The van der Waals surface area contributed by atoms with E-state index in [1.807, 2.05) is 13.8 Å². The zero-order chi connectivity index (χ0) is 14.7. The highest BCUT2D eigenvalue weighted by Gasteiger charge is 2.20. The Hall–Kier alpha value is -1.82. The summed E-state index contributed by atoms with van der Waals surface area (Å²) in [7, 11) is 0. The number of nitrogens with two attached hydrogens (primary N) is 1. The van der Waals surface area contributed by atoms with Crippen molar-refractivity contribution in [1.29, 1.82) is 0 Å². The first-order valence-corrected chi connectivity index (χ1v) is 6.53. The molecular weight excluding hydrogens is 264 g/mol. The lowest BCUT2D eigenvalue weighted by molar-refractivity contribution is 0.310.